The maximum Gasteiger partial charge on any atom is 0.273 e. The molecule has 4 N–H and O–H groups in total. The summed E-state index contributed by atoms with van der Waals surface area (Å²) < 4.78 is 0. The third-order valence-corrected chi connectivity index (χ3v) is 3.23. The number of anilines is 2. The molecule has 0 amide bonds. The second-order valence-corrected chi connectivity index (χ2v) is 5.23. The second-order valence-electron chi connectivity index (χ2n) is 5.23. The average Bonchev–Trinajstić information content (AvgIpc) is 2.35. The largest absolute Gasteiger partial charge is 0.383 e. The number of nitro groups is 1. The van der Waals surface area contributed by atoms with E-state index in [4.69, 9.17) is 5.84 Å². The first-order chi connectivity index (χ1) is 8.76. The van der Waals surface area contributed by atoms with E-state index < -0.39 is 4.92 Å². The lowest BCUT2D eigenvalue weighted by Gasteiger charge is -2.33. The number of likely N-dealkylation sites (N-methyl/N-ethyl adjacent to an activating group) is 1. The Balaban J connectivity index is 2.89. The Morgan fingerprint density at radius 3 is 2.37 bits per heavy atom. The van der Waals surface area contributed by atoms with Crippen molar-refractivity contribution >= 4 is 17.1 Å². The highest BCUT2D eigenvalue weighted by molar-refractivity contribution is 5.63. The first-order valence-electron chi connectivity index (χ1n) is 5.93. The van der Waals surface area contributed by atoms with Gasteiger partial charge >= 0.3 is 0 Å². The van der Waals surface area contributed by atoms with E-state index in [1.807, 2.05) is 14.1 Å². The lowest BCUT2D eigenvalue weighted by molar-refractivity contribution is -0.384. The molecule has 19 heavy (non-hydrogen) atoms. The van der Waals surface area contributed by atoms with Crippen LogP contribution in [0.5, 0.6) is 0 Å². The minimum absolute atomic E-state index is 0.000564. The molecule has 0 aliphatic heterocycles. The Labute approximate surface area is 112 Å². The first-order valence-corrected chi connectivity index (χ1v) is 5.93. The van der Waals surface area contributed by atoms with Crippen LogP contribution < -0.4 is 16.6 Å². The van der Waals surface area contributed by atoms with Gasteiger partial charge in [-0.1, -0.05) is 0 Å². The van der Waals surface area contributed by atoms with Gasteiger partial charge in [-0.05, 0) is 34.0 Å². The van der Waals surface area contributed by atoms with E-state index in [0.29, 0.717) is 17.9 Å². The number of nitrogens with zero attached hydrogens (tertiary/aromatic N) is 2. The fourth-order valence-electron chi connectivity index (χ4n) is 1.38. The summed E-state index contributed by atoms with van der Waals surface area (Å²) in [6.07, 6.45) is 0. The Kier molecular flexibility index (Phi) is 4.68. The first kappa shape index (κ1) is 15.2. The predicted molar refractivity (Wildman–Crippen MR) is 77.2 cm³/mol. The highest BCUT2D eigenvalue weighted by Crippen LogP contribution is 2.24. The maximum atomic E-state index is 10.8. The van der Waals surface area contributed by atoms with E-state index in [1.165, 1.54) is 12.1 Å². The van der Waals surface area contributed by atoms with E-state index in [0.717, 1.165) is 0 Å². The molecule has 0 unspecified atom stereocenters. The molecule has 0 fully saturated rings. The van der Waals surface area contributed by atoms with Crippen LogP contribution >= 0.6 is 0 Å². The molecule has 0 spiro atoms. The van der Waals surface area contributed by atoms with E-state index in [-0.39, 0.29) is 11.2 Å². The molecule has 0 heterocycles. The number of rotatable bonds is 6. The molecule has 0 saturated heterocycles. The SMILES string of the molecule is CN(C)C(C)(C)CNc1cc(NN)cc([N+](=O)[O-])c1. The van der Waals surface area contributed by atoms with Crippen molar-refractivity contribution in [3.05, 3.63) is 28.3 Å². The standard InChI is InChI=1S/C12H21N5O2/c1-12(2,16(3)4)8-14-9-5-10(15-13)7-11(6-9)17(18)19/h5-7,14-15H,8,13H2,1-4H3. The molecule has 7 nitrogen and oxygen atoms in total. The van der Waals surface area contributed by atoms with Crippen molar-refractivity contribution in [2.24, 2.45) is 5.84 Å². The van der Waals surface area contributed by atoms with Gasteiger partial charge in [-0.25, -0.2) is 0 Å². The Hall–Kier alpha value is -1.86. The Morgan fingerprint density at radius 2 is 1.89 bits per heavy atom. The number of nitro benzene ring substituents is 1. The Morgan fingerprint density at radius 1 is 1.32 bits per heavy atom. The number of nitrogen functional groups attached to an aromatic ring is 1. The number of nitrogens with one attached hydrogen (secondary N) is 2. The smallest absolute Gasteiger partial charge is 0.273 e. The van der Waals surface area contributed by atoms with Gasteiger partial charge < -0.3 is 15.6 Å². The van der Waals surface area contributed by atoms with Crippen molar-refractivity contribution in [2.75, 3.05) is 31.4 Å². The van der Waals surface area contributed by atoms with Gasteiger partial charge in [-0.3, -0.25) is 16.0 Å². The zero-order valence-corrected chi connectivity index (χ0v) is 11.7. The number of nitrogens with two attached hydrogens (primary N) is 1. The van der Waals surface area contributed by atoms with Crippen LogP contribution in [0.2, 0.25) is 0 Å². The molecule has 0 bridgehead atoms. The summed E-state index contributed by atoms with van der Waals surface area (Å²) in [6.45, 7) is 4.82. The molecule has 1 aromatic carbocycles. The van der Waals surface area contributed by atoms with Crippen LogP contribution in [0, 0.1) is 10.1 Å². The highest BCUT2D eigenvalue weighted by atomic mass is 16.6. The van der Waals surface area contributed by atoms with Crippen molar-refractivity contribution in [2.45, 2.75) is 19.4 Å². The summed E-state index contributed by atoms with van der Waals surface area (Å²) >= 11 is 0. The molecule has 7 heteroatoms. The van der Waals surface area contributed by atoms with E-state index in [9.17, 15) is 10.1 Å². The van der Waals surface area contributed by atoms with Gasteiger partial charge in [0.15, 0.2) is 0 Å². The molecule has 106 valence electrons. The molecule has 0 saturated carbocycles. The summed E-state index contributed by atoms with van der Waals surface area (Å²) in [5.41, 5.74) is 3.52. The summed E-state index contributed by atoms with van der Waals surface area (Å²) in [4.78, 5) is 12.5. The van der Waals surface area contributed by atoms with Crippen LogP contribution in [-0.2, 0) is 0 Å². The quantitative estimate of drug-likeness (QED) is 0.412. The number of hydrazine groups is 1. The van der Waals surface area contributed by atoms with Crippen molar-refractivity contribution in [1.82, 2.24) is 4.90 Å². The molecule has 0 atom stereocenters. The summed E-state index contributed by atoms with van der Waals surface area (Å²) in [7, 11) is 3.98. The molecule has 0 radical (unpaired) electrons. The number of hydrogen-bond acceptors (Lipinski definition) is 6. The predicted octanol–water partition coefficient (Wildman–Crippen LogP) is 1.63. The molecule has 1 aromatic rings. The number of benzene rings is 1. The van der Waals surface area contributed by atoms with Gasteiger partial charge in [0.2, 0.25) is 0 Å². The lowest BCUT2D eigenvalue weighted by Crippen LogP contribution is -2.44. The fourth-order valence-corrected chi connectivity index (χ4v) is 1.38. The van der Waals surface area contributed by atoms with E-state index in [1.54, 1.807) is 6.07 Å². The van der Waals surface area contributed by atoms with Crippen LogP contribution in [0.1, 0.15) is 13.8 Å². The summed E-state index contributed by atoms with van der Waals surface area (Å²) in [5, 5.41) is 14.0. The van der Waals surface area contributed by atoms with Crippen molar-refractivity contribution in [3.8, 4) is 0 Å². The molecular weight excluding hydrogens is 246 g/mol. The van der Waals surface area contributed by atoms with Crippen LogP contribution in [0.3, 0.4) is 0 Å². The molecule has 1 rings (SSSR count). The van der Waals surface area contributed by atoms with Gasteiger partial charge in [-0.15, -0.1) is 0 Å². The average molecular weight is 267 g/mol. The van der Waals surface area contributed by atoms with Crippen LogP contribution in [-0.4, -0.2) is 36.0 Å². The maximum absolute atomic E-state index is 10.8. The highest BCUT2D eigenvalue weighted by Gasteiger charge is 2.20. The van der Waals surface area contributed by atoms with Crippen LogP contribution in [0.4, 0.5) is 17.1 Å². The normalized spacial score (nSPS) is 11.5. The topological polar surface area (TPSA) is 96.5 Å². The summed E-state index contributed by atoms with van der Waals surface area (Å²) in [5.74, 6) is 5.31. The van der Waals surface area contributed by atoms with Crippen molar-refractivity contribution in [3.63, 3.8) is 0 Å². The van der Waals surface area contributed by atoms with E-state index in [2.05, 4.69) is 29.5 Å². The molecule has 0 aliphatic carbocycles. The monoisotopic (exact) mass is 267 g/mol. The van der Waals surface area contributed by atoms with Gasteiger partial charge in [-0.2, -0.15) is 0 Å². The molecule has 0 aromatic heterocycles. The van der Waals surface area contributed by atoms with Crippen LogP contribution in [0.25, 0.3) is 0 Å². The van der Waals surface area contributed by atoms with Crippen molar-refractivity contribution in [1.29, 1.82) is 0 Å². The van der Waals surface area contributed by atoms with Crippen LogP contribution in [0.15, 0.2) is 18.2 Å². The zero-order valence-electron chi connectivity index (χ0n) is 11.7. The third kappa shape index (κ3) is 4.08. The van der Waals surface area contributed by atoms with Gasteiger partial charge in [0.05, 0.1) is 10.6 Å². The summed E-state index contributed by atoms with van der Waals surface area (Å²) in [6, 6.07) is 4.62. The van der Waals surface area contributed by atoms with Crippen molar-refractivity contribution < 1.29 is 4.92 Å². The molecule has 0 aliphatic rings. The minimum Gasteiger partial charge on any atom is -0.383 e. The zero-order chi connectivity index (χ0) is 14.6. The van der Waals surface area contributed by atoms with E-state index >= 15 is 0 Å². The van der Waals surface area contributed by atoms with Gasteiger partial charge in [0.25, 0.3) is 5.69 Å². The second kappa shape index (κ2) is 5.85. The third-order valence-electron chi connectivity index (χ3n) is 3.23. The molecular formula is C12H21N5O2. The minimum atomic E-state index is -0.441. The fraction of sp³-hybridized carbons (Fsp3) is 0.500. The lowest BCUT2D eigenvalue weighted by atomic mass is 10.0. The van der Waals surface area contributed by atoms with Gasteiger partial charge in [0, 0.05) is 29.9 Å². The Bertz CT molecular complexity index is 459. The number of non-ortho nitro benzene ring substituents is 1. The van der Waals surface area contributed by atoms with Gasteiger partial charge in [0.1, 0.15) is 0 Å². The number of hydrogen-bond donors (Lipinski definition) is 3.